The van der Waals surface area contributed by atoms with Crippen molar-refractivity contribution in [3.63, 3.8) is 0 Å². The Morgan fingerprint density at radius 1 is 0.492 bits per heavy atom. The van der Waals surface area contributed by atoms with Crippen LogP contribution in [0.1, 0.15) is 265 Å². The highest BCUT2D eigenvalue weighted by atomic mass is 16.5. The second kappa shape index (κ2) is 47.1. The molecule has 6 heteroatoms. The molecule has 0 saturated heterocycles. The first-order valence-corrected chi connectivity index (χ1v) is 25.7. The molecule has 0 aromatic rings. The van der Waals surface area contributed by atoms with E-state index in [0.29, 0.717) is 19.3 Å². The molecule has 6 nitrogen and oxygen atoms in total. The van der Waals surface area contributed by atoms with Crippen LogP contribution in [0.15, 0.2) is 36.5 Å². The maximum absolute atomic E-state index is 13.2. The predicted octanol–water partition coefficient (Wildman–Crippen LogP) is 15.3. The second-order valence-corrected chi connectivity index (χ2v) is 17.6. The molecule has 0 aliphatic heterocycles. The van der Waals surface area contributed by atoms with Gasteiger partial charge >= 0.3 is 5.97 Å². The van der Waals surface area contributed by atoms with Crippen LogP contribution in [0.25, 0.3) is 0 Å². The van der Waals surface area contributed by atoms with Crippen molar-refractivity contribution in [2.24, 2.45) is 0 Å². The molecule has 0 aromatic carbocycles. The number of hydrogen-bond donors (Lipinski definition) is 3. The molecule has 3 atom stereocenters. The van der Waals surface area contributed by atoms with Crippen molar-refractivity contribution in [3.8, 4) is 0 Å². The number of aliphatic hydroxyl groups is 2. The molecule has 346 valence electrons. The molecule has 0 fully saturated rings. The number of nitrogens with one attached hydrogen (secondary N) is 1. The number of aliphatic hydroxyl groups excluding tert-OH is 2. The van der Waals surface area contributed by atoms with Gasteiger partial charge in [0.05, 0.1) is 25.2 Å². The molecule has 3 unspecified atom stereocenters. The normalized spacial score (nSPS) is 13.5. The third kappa shape index (κ3) is 42.6. The lowest BCUT2D eigenvalue weighted by molar-refractivity contribution is -0.151. The van der Waals surface area contributed by atoms with Gasteiger partial charge in [-0.2, -0.15) is 0 Å². The van der Waals surface area contributed by atoms with Gasteiger partial charge in [0.15, 0.2) is 0 Å². The van der Waals surface area contributed by atoms with Crippen LogP contribution in [-0.2, 0) is 14.3 Å². The molecule has 0 radical (unpaired) electrons. The minimum absolute atomic E-state index is 0.0449. The van der Waals surface area contributed by atoms with Gasteiger partial charge in [-0.1, -0.05) is 218 Å². The molecular formula is C53H99NO5. The topological polar surface area (TPSA) is 95.9 Å². The summed E-state index contributed by atoms with van der Waals surface area (Å²) in [4.78, 5) is 26.1. The highest BCUT2D eigenvalue weighted by molar-refractivity contribution is 5.77. The van der Waals surface area contributed by atoms with Crippen molar-refractivity contribution in [1.82, 2.24) is 5.32 Å². The van der Waals surface area contributed by atoms with Crippen LogP contribution in [0.3, 0.4) is 0 Å². The van der Waals surface area contributed by atoms with Gasteiger partial charge in [0, 0.05) is 6.42 Å². The molecule has 0 aliphatic rings. The lowest BCUT2D eigenvalue weighted by Crippen LogP contribution is -2.46. The number of unbranched alkanes of at least 4 members (excludes halogenated alkanes) is 29. The van der Waals surface area contributed by atoms with E-state index < -0.39 is 18.2 Å². The molecule has 59 heavy (non-hydrogen) atoms. The molecule has 0 spiro atoms. The van der Waals surface area contributed by atoms with E-state index in [0.717, 1.165) is 57.8 Å². The van der Waals surface area contributed by atoms with Gasteiger partial charge in [-0.25, -0.2) is 0 Å². The maximum Gasteiger partial charge on any atom is 0.306 e. The molecule has 0 bridgehead atoms. The zero-order valence-electron chi connectivity index (χ0n) is 39.4. The third-order valence-corrected chi connectivity index (χ3v) is 11.7. The fraction of sp³-hybridized carbons (Fsp3) is 0.849. The largest absolute Gasteiger partial charge is 0.462 e. The van der Waals surface area contributed by atoms with Crippen LogP contribution in [0.5, 0.6) is 0 Å². The number of ether oxygens (including phenoxy) is 1. The van der Waals surface area contributed by atoms with Crippen molar-refractivity contribution in [2.45, 2.75) is 283 Å². The number of allylic oxidation sites excluding steroid dienone is 6. The van der Waals surface area contributed by atoms with E-state index in [9.17, 15) is 19.8 Å². The van der Waals surface area contributed by atoms with E-state index in [-0.39, 0.29) is 24.9 Å². The third-order valence-electron chi connectivity index (χ3n) is 11.7. The Kier molecular flexibility index (Phi) is 45.6. The summed E-state index contributed by atoms with van der Waals surface area (Å²) in [5.74, 6) is -0.520. The fourth-order valence-corrected chi connectivity index (χ4v) is 7.77. The smallest absolute Gasteiger partial charge is 0.306 e. The van der Waals surface area contributed by atoms with Crippen LogP contribution >= 0.6 is 0 Å². The summed E-state index contributed by atoms with van der Waals surface area (Å²) in [5.41, 5.74) is 0. The summed E-state index contributed by atoms with van der Waals surface area (Å²) >= 11 is 0. The van der Waals surface area contributed by atoms with E-state index in [2.05, 4.69) is 62.5 Å². The average molecular weight is 830 g/mol. The van der Waals surface area contributed by atoms with Crippen LogP contribution in [0.4, 0.5) is 0 Å². The van der Waals surface area contributed by atoms with Gasteiger partial charge in [-0.05, 0) is 70.6 Å². The van der Waals surface area contributed by atoms with E-state index in [4.69, 9.17) is 4.74 Å². The quantitative estimate of drug-likeness (QED) is 0.0246. The van der Waals surface area contributed by atoms with Crippen molar-refractivity contribution >= 4 is 11.9 Å². The molecule has 3 N–H and O–H groups in total. The van der Waals surface area contributed by atoms with Crippen LogP contribution in [0, 0.1) is 0 Å². The molecular weight excluding hydrogens is 731 g/mol. The van der Waals surface area contributed by atoms with Crippen LogP contribution in [-0.4, -0.2) is 46.9 Å². The number of esters is 1. The lowest BCUT2D eigenvalue weighted by atomic mass is 10.0. The van der Waals surface area contributed by atoms with E-state index in [1.54, 1.807) is 0 Å². The number of rotatable bonds is 46. The van der Waals surface area contributed by atoms with Crippen molar-refractivity contribution in [2.75, 3.05) is 6.61 Å². The van der Waals surface area contributed by atoms with Gasteiger partial charge in [-0.3, -0.25) is 9.59 Å². The highest BCUT2D eigenvalue weighted by Gasteiger charge is 2.24. The number of amides is 1. The van der Waals surface area contributed by atoms with Gasteiger partial charge < -0.3 is 20.3 Å². The zero-order chi connectivity index (χ0) is 43.1. The van der Waals surface area contributed by atoms with Gasteiger partial charge in [-0.15, -0.1) is 0 Å². The number of carbonyl (C=O) groups excluding carboxylic acids is 2. The summed E-state index contributed by atoms with van der Waals surface area (Å²) in [6.45, 7) is 6.45. The first-order chi connectivity index (χ1) is 29.0. The van der Waals surface area contributed by atoms with Crippen LogP contribution < -0.4 is 5.32 Å². The Hall–Kier alpha value is -1.92. The first kappa shape index (κ1) is 57.1. The van der Waals surface area contributed by atoms with E-state index in [1.807, 2.05) is 0 Å². The lowest BCUT2D eigenvalue weighted by Gasteiger charge is -2.24. The molecule has 0 aliphatic carbocycles. The van der Waals surface area contributed by atoms with Gasteiger partial charge in [0.25, 0.3) is 0 Å². The van der Waals surface area contributed by atoms with Crippen molar-refractivity contribution < 1.29 is 24.5 Å². The number of hydrogen-bond acceptors (Lipinski definition) is 5. The van der Waals surface area contributed by atoms with Crippen LogP contribution in [0.2, 0.25) is 0 Å². The SMILES string of the molecule is CCCCCCCC/C=C/CCCCCCCCCC(=O)OC(CCC/C=C/C=C/CCCCCCCCC)CC(=O)NC(CO)C(O)CCCCCCCCCCC. The molecule has 0 aromatic heterocycles. The van der Waals surface area contributed by atoms with Gasteiger partial charge in [0.1, 0.15) is 6.10 Å². The monoisotopic (exact) mass is 830 g/mol. The highest BCUT2D eigenvalue weighted by Crippen LogP contribution is 2.17. The zero-order valence-corrected chi connectivity index (χ0v) is 39.4. The second-order valence-electron chi connectivity index (χ2n) is 17.6. The summed E-state index contributed by atoms with van der Waals surface area (Å²) < 4.78 is 5.90. The van der Waals surface area contributed by atoms with Crippen molar-refractivity contribution in [3.05, 3.63) is 36.5 Å². The first-order valence-electron chi connectivity index (χ1n) is 25.7. The van der Waals surface area contributed by atoms with E-state index >= 15 is 0 Å². The Morgan fingerprint density at radius 3 is 1.34 bits per heavy atom. The summed E-state index contributed by atoms with van der Waals surface area (Å²) in [6.07, 6.45) is 55.0. The number of carbonyl (C=O) groups is 2. The molecule has 0 saturated carbocycles. The average Bonchev–Trinajstić information content (AvgIpc) is 3.23. The summed E-state index contributed by atoms with van der Waals surface area (Å²) in [5, 5.41) is 23.6. The van der Waals surface area contributed by atoms with Crippen molar-refractivity contribution in [1.29, 1.82) is 0 Å². The summed E-state index contributed by atoms with van der Waals surface area (Å²) in [7, 11) is 0. The standard InChI is InChI=1S/C53H99NO5/c1-4-7-10-13-16-19-21-23-25-26-27-29-31-34-37-40-43-46-53(58)59-49(44-41-38-35-33-30-28-24-22-20-17-14-11-8-5-2)47-52(57)54-50(48-55)51(56)45-42-39-36-32-18-15-12-9-6-3/h23,25,28,30,33,35,49-51,55-56H,4-22,24,26-27,29,31-32,34,36-48H2,1-3H3,(H,54,57)/b25-23+,30-28+,35-33+. The summed E-state index contributed by atoms with van der Waals surface area (Å²) in [6, 6.07) is -0.713. The minimum Gasteiger partial charge on any atom is -0.462 e. The Bertz CT molecular complexity index is 977. The maximum atomic E-state index is 13.2. The molecule has 0 rings (SSSR count). The molecule has 1 amide bonds. The van der Waals surface area contributed by atoms with Gasteiger partial charge in [0.2, 0.25) is 5.91 Å². The fourth-order valence-electron chi connectivity index (χ4n) is 7.77. The molecule has 0 heterocycles. The minimum atomic E-state index is -0.796. The Labute approximate surface area is 366 Å². The predicted molar refractivity (Wildman–Crippen MR) is 255 cm³/mol. The van der Waals surface area contributed by atoms with E-state index in [1.165, 1.54) is 161 Å². The Morgan fingerprint density at radius 2 is 0.881 bits per heavy atom. The Balaban J connectivity index is 4.61.